The van der Waals surface area contributed by atoms with Crippen molar-refractivity contribution in [1.29, 1.82) is 0 Å². The smallest absolute Gasteiger partial charge is 0.105 e. The lowest BCUT2D eigenvalue weighted by molar-refractivity contribution is 0.419. The van der Waals surface area contributed by atoms with Crippen LogP contribution < -0.4 is 5.73 Å². The summed E-state index contributed by atoms with van der Waals surface area (Å²) in [5.74, 6) is 1.71. The van der Waals surface area contributed by atoms with Crippen molar-refractivity contribution in [3.8, 4) is 0 Å². The molecule has 1 heterocycles. The zero-order valence-electron chi connectivity index (χ0n) is 8.49. The van der Waals surface area contributed by atoms with Crippen LogP contribution in [0.25, 0.3) is 0 Å². The van der Waals surface area contributed by atoms with Crippen LogP contribution in [0.15, 0.2) is 22.8 Å². The maximum atomic E-state index is 5.98. The van der Waals surface area contributed by atoms with Crippen molar-refractivity contribution in [2.24, 2.45) is 11.7 Å². The molecule has 0 aromatic carbocycles. The van der Waals surface area contributed by atoms with Crippen LogP contribution in [0, 0.1) is 5.92 Å². The molecule has 0 radical (unpaired) electrons. The lowest BCUT2D eigenvalue weighted by atomic mass is 9.97. The van der Waals surface area contributed by atoms with Gasteiger partial charge in [-0.15, -0.1) is 0 Å². The predicted octanol–water partition coefficient (Wildman–Crippen LogP) is 2.59. The van der Waals surface area contributed by atoms with Crippen molar-refractivity contribution in [2.75, 3.05) is 0 Å². The topological polar surface area (TPSA) is 39.2 Å². The minimum Gasteiger partial charge on any atom is -0.469 e. The molecule has 1 aromatic heterocycles. The van der Waals surface area contributed by atoms with Crippen LogP contribution in [0.1, 0.15) is 32.4 Å². The Bertz CT molecular complexity index is 218. The van der Waals surface area contributed by atoms with E-state index < -0.39 is 0 Å². The number of nitrogens with two attached hydrogens (primary N) is 1. The fourth-order valence-electron chi connectivity index (χ4n) is 1.45. The Morgan fingerprint density at radius 3 is 2.85 bits per heavy atom. The first-order valence-electron chi connectivity index (χ1n) is 5.00. The van der Waals surface area contributed by atoms with Crippen LogP contribution in [0.2, 0.25) is 0 Å². The van der Waals surface area contributed by atoms with Crippen molar-refractivity contribution in [1.82, 2.24) is 0 Å². The summed E-state index contributed by atoms with van der Waals surface area (Å²) in [6.45, 7) is 4.44. The number of hydrogen-bond acceptors (Lipinski definition) is 2. The zero-order valence-corrected chi connectivity index (χ0v) is 8.49. The van der Waals surface area contributed by atoms with E-state index in [-0.39, 0.29) is 6.04 Å². The van der Waals surface area contributed by atoms with Gasteiger partial charge in [0.25, 0.3) is 0 Å². The zero-order chi connectivity index (χ0) is 9.68. The highest BCUT2D eigenvalue weighted by Crippen LogP contribution is 2.12. The van der Waals surface area contributed by atoms with Gasteiger partial charge in [-0.05, 0) is 24.5 Å². The quantitative estimate of drug-likeness (QED) is 0.758. The second-order valence-electron chi connectivity index (χ2n) is 3.79. The van der Waals surface area contributed by atoms with E-state index >= 15 is 0 Å². The standard InChI is InChI=1S/C11H19NO/c1-3-9(2)7-10(12)8-11-5-4-6-13-11/h4-6,9-10H,3,7-8,12H2,1-2H3. The molecule has 0 aliphatic carbocycles. The summed E-state index contributed by atoms with van der Waals surface area (Å²) in [7, 11) is 0. The van der Waals surface area contributed by atoms with Crippen LogP contribution in [-0.4, -0.2) is 6.04 Å². The summed E-state index contributed by atoms with van der Waals surface area (Å²) in [6.07, 6.45) is 4.84. The Labute approximate surface area is 80.1 Å². The summed E-state index contributed by atoms with van der Waals surface area (Å²) in [5, 5.41) is 0. The van der Waals surface area contributed by atoms with Gasteiger partial charge in [-0.25, -0.2) is 0 Å². The molecule has 0 amide bonds. The molecule has 0 fully saturated rings. The molecule has 1 rings (SSSR count). The fourth-order valence-corrected chi connectivity index (χ4v) is 1.45. The molecule has 13 heavy (non-hydrogen) atoms. The Kier molecular flexibility index (Phi) is 4.03. The van der Waals surface area contributed by atoms with E-state index in [0.717, 1.165) is 18.6 Å². The SMILES string of the molecule is CCC(C)CC(N)Cc1ccco1. The van der Waals surface area contributed by atoms with Gasteiger partial charge < -0.3 is 10.2 Å². The van der Waals surface area contributed by atoms with E-state index in [9.17, 15) is 0 Å². The molecule has 0 aliphatic heterocycles. The van der Waals surface area contributed by atoms with Crippen LogP contribution in [0.5, 0.6) is 0 Å². The Morgan fingerprint density at radius 2 is 2.31 bits per heavy atom. The van der Waals surface area contributed by atoms with E-state index in [0.29, 0.717) is 5.92 Å². The number of hydrogen-bond donors (Lipinski definition) is 1. The first-order valence-corrected chi connectivity index (χ1v) is 5.00. The molecule has 0 saturated heterocycles. The van der Waals surface area contributed by atoms with Gasteiger partial charge >= 0.3 is 0 Å². The van der Waals surface area contributed by atoms with Crippen LogP contribution >= 0.6 is 0 Å². The lowest BCUT2D eigenvalue weighted by Gasteiger charge is -2.14. The van der Waals surface area contributed by atoms with Crippen molar-refractivity contribution < 1.29 is 4.42 Å². The number of rotatable bonds is 5. The van der Waals surface area contributed by atoms with E-state index in [1.165, 1.54) is 6.42 Å². The third-order valence-electron chi connectivity index (χ3n) is 2.45. The normalized spacial score (nSPS) is 15.6. The van der Waals surface area contributed by atoms with E-state index in [2.05, 4.69) is 13.8 Å². The van der Waals surface area contributed by atoms with Gasteiger partial charge in [0, 0.05) is 12.5 Å². The molecule has 1 aromatic rings. The predicted molar refractivity (Wildman–Crippen MR) is 54.5 cm³/mol. The van der Waals surface area contributed by atoms with Gasteiger partial charge in [-0.3, -0.25) is 0 Å². The van der Waals surface area contributed by atoms with E-state index in [1.54, 1.807) is 6.26 Å². The Morgan fingerprint density at radius 1 is 1.54 bits per heavy atom. The molecule has 2 N–H and O–H groups in total. The fraction of sp³-hybridized carbons (Fsp3) is 0.636. The molecule has 74 valence electrons. The average molecular weight is 181 g/mol. The van der Waals surface area contributed by atoms with Crippen molar-refractivity contribution in [3.05, 3.63) is 24.2 Å². The summed E-state index contributed by atoms with van der Waals surface area (Å²) < 4.78 is 5.24. The average Bonchev–Trinajstić information content (AvgIpc) is 2.56. The minimum absolute atomic E-state index is 0.237. The summed E-state index contributed by atoms with van der Waals surface area (Å²) in [5.41, 5.74) is 5.98. The molecule has 2 nitrogen and oxygen atoms in total. The first-order chi connectivity index (χ1) is 6.22. The number of furan rings is 1. The molecule has 0 aliphatic rings. The largest absolute Gasteiger partial charge is 0.469 e. The van der Waals surface area contributed by atoms with Crippen LogP contribution in [0.3, 0.4) is 0 Å². The lowest BCUT2D eigenvalue weighted by Crippen LogP contribution is -2.24. The Balaban J connectivity index is 2.29. The first kappa shape index (κ1) is 10.3. The highest BCUT2D eigenvalue weighted by Gasteiger charge is 2.09. The van der Waals surface area contributed by atoms with Crippen LogP contribution in [-0.2, 0) is 6.42 Å². The van der Waals surface area contributed by atoms with E-state index in [4.69, 9.17) is 10.2 Å². The minimum atomic E-state index is 0.237. The summed E-state index contributed by atoms with van der Waals surface area (Å²) in [4.78, 5) is 0. The van der Waals surface area contributed by atoms with Gasteiger partial charge in [0.1, 0.15) is 5.76 Å². The molecular formula is C11H19NO. The monoisotopic (exact) mass is 181 g/mol. The van der Waals surface area contributed by atoms with Gasteiger partial charge in [0.15, 0.2) is 0 Å². The molecule has 2 heteroatoms. The second-order valence-corrected chi connectivity index (χ2v) is 3.79. The van der Waals surface area contributed by atoms with Crippen molar-refractivity contribution >= 4 is 0 Å². The van der Waals surface area contributed by atoms with Crippen molar-refractivity contribution in [3.63, 3.8) is 0 Å². The van der Waals surface area contributed by atoms with Gasteiger partial charge in [0.2, 0.25) is 0 Å². The highest BCUT2D eigenvalue weighted by atomic mass is 16.3. The highest BCUT2D eigenvalue weighted by molar-refractivity contribution is 5.00. The van der Waals surface area contributed by atoms with Gasteiger partial charge in [-0.2, -0.15) is 0 Å². The maximum Gasteiger partial charge on any atom is 0.105 e. The molecule has 0 saturated carbocycles. The molecular weight excluding hydrogens is 162 g/mol. The Hall–Kier alpha value is -0.760. The van der Waals surface area contributed by atoms with E-state index in [1.807, 2.05) is 12.1 Å². The maximum absolute atomic E-state index is 5.98. The third-order valence-corrected chi connectivity index (χ3v) is 2.45. The summed E-state index contributed by atoms with van der Waals surface area (Å²) in [6, 6.07) is 4.13. The molecule has 0 bridgehead atoms. The van der Waals surface area contributed by atoms with Crippen LogP contribution in [0.4, 0.5) is 0 Å². The molecule has 2 atom stereocenters. The molecule has 2 unspecified atom stereocenters. The third kappa shape index (κ3) is 3.64. The van der Waals surface area contributed by atoms with Gasteiger partial charge in [0.05, 0.1) is 6.26 Å². The second kappa shape index (κ2) is 5.07. The van der Waals surface area contributed by atoms with Gasteiger partial charge in [-0.1, -0.05) is 20.3 Å². The molecule has 0 spiro atoms. The summed E-state index contributed by atoms with van der Waals surface area (Å²) >= 11 is 0. The van der Waals surface area contributed by atoms with Crippen molar-refractivity contribution in [2.45, 2.75) is 39.2 Å².